The molecule has 0 aromatic heterocycles. The molecule has 1 aliphatic heterocycles. The number of benzene rings is 1. The summed E-state index contributed by atoms with van der Waals surface area (Å²) in [5.41, 5.74) is 7.79. The Labute approximate surface area is 104 Å². The predicted octanol–water partition coefficient (Wildman–Crippen LogP) is 2.66. The monoisotopic (exact) mass is 234 g/mol. The van der Waals surface area contributed by atoms with Crippen molar-refractivity contribution in [3.8, 4) is 0 Å². The maximum absolute atomic E-state index is 6.00. The first kappa shape index (κ1) is 12.2. The van der Waals surface area contributed by atoms with Crippen LogP contribution in [0.4, 0.5) is 11.4 Å². The molecule has 3 heteroatoms. The highest BCUT2D eigenvalue weighted by Gasteiger charge is 2.32. The molecule has 0 saturated carbocycles. The molecule has 2 rings (SSSR count). The smallest absolute Gasteiger partial charge is 0.0758 e. The zero-order valence-corrected chi connectivity index (χ0v) is 10.9. The average molecular weight is 234 g/mol. The Morgan fingerprint density at radius 3 is 2.82 bits per heavy atom. The molecule has 0 amide bonds. The van der Waals surface area contributed by atoms with Crippen molar-refractivity contribution in [2.45, 2.75) is 38.4 Å². The number of hydrogen-bond donors (Lipinski definition) is 1. The fourth-order valence-corrected chi connectivity index (χ4v) is 2.38. The third-order valence-corrected chi connectivity index (χ3v) is 3.34. The molecule has 1 heterocycles. The van der Waals surface area contributed by atoms with Gasteiger partial charge in [0.15, 0.2) is 0 Å². The van der Waals surface area contributed by atoms with E-state index >= 15 is 0 Å². The Morgan fingerprint density at radius 2 is 2.24 bits per heavy atom. The van der Waals surface area contributed by atoms with Crippen LogP contribution in [0.25, 0.3) is 0 Å². The van der Waals surface area contributed by atoms with E-state index < -0.39 is 0 Å². The molecular weight excluding hydrogens is 212 g/mol. The van der Waals surface area contributed by atoms with Crippen LogP contribution in [0.1, 0.15) is 26.7 Å². The second-order valence-electron chi connectivity index (χ2n) is 5.51. The van der Waals surface area contributed by atoms with Gasteiger partial charge in [-0.2, -0.15) is 0 Å². The molecule has 0 bridgehead atoms. The van der Waals surface area contributed by atoms with E-state index in [9.17, 15) is 0 Å². The number of rotatable bonds is 3. The lowest BCUT2D eigenvalue weighted by Crippen LogP contribution is -2.31. The van der Waals surface area contributed by atoms with Gasteiger partial charge in [-0.15, -0.1) is 0 Å². The first-order valence-corrected chi connectivity index (χ1v) is 6.21. The normalized spacial score (nSPS) is 22.6. The fourth-order valence-electron chi connectivity index (χ4n) is 2.38. The molecule has 1 fully saturated rings. The maximum atomic E-state index is 6.00. The van der Waals surface area contributed by atoms with Crippen LogP contribution < -0.4 is 10.6 Å². The number of anilines is 2. The molecule has 17 heavy (non-hydrogen) atoms. The molecule has 1 aromatic carbocycles. The Balaban J connectivity index is 1.96. The second kappa shape index (κ2) is 4.57. The van der Waals surface area contributed by atoms with Crippen LogP contribution in [-0.4, -0.2) is 25.3 Å². The van der Waals surface area contributed by atoms with Gasteiger partial charge in [0.2, 0.25) is 0 Å². The van der Waals surface area contributed by atoms with E-state index in [-0.39, 0.29) is 5.60 Å². The van der Waals surface area contributed by atoms with Gasteiger partial charge in [0, 0.05) is 25.0 Å². The van der Waals surface area contributed by atoms with Crippen molar-refractivity contribution in [3.63, 3.8) is 0 Å². The molecule has 1 saturated heterocycles. The van der Waals surface area contributed by atoms with Gasteiger partial charge in [-0.25, -0.2) is 0 Å². The van der Waals surface area contributed by atoms with E-state index in [1.165, 1.54) is 0 Å². The van der Waals surface area contributed by atoms with E-state index in [0.29, 0.717) is 6.10 Å². The Kier molecular flexibility index (Phi) is 3.29. The van der Waals surface area contributed by atoms with Crippen LogP contribution in [-0.2, 0) is 4.74 Å². The SMILES string of the molecule is CN(CC1CCC(C)(C)O1)c1cccc(N)c1. The van der Waals surface area contributed by atoms with Gasteiger partial charge in [0.25, 0.3) is 0 Å². The average Bonchev–Trinajstić information content (AvgIpc) is 2.58. The van der Waals surface area contributed by atoms with Gasteiger partial charge < -0.3 is 15.4 Å². The van der Waals surface area contributed by atoms with Crippen LogP contribution in [0, 0.1) is 0 Å². The molecule has 1 unspecified atom stereocenters. The van der Waals surface area contributed by atoms with Gasteiger partial charge >= 0.3 is 0 Å². The minimum Gasteiger partial charge on any atom is -0.399 e. The summed E-state index contributed by atoms with van der Waals surface area (Å²) in [5, 5.41) is 0. The lowest BCUT2D eigenvalue weighted by atomic mass is 10.1. The van der Waals surface area contributed by atoms with E-state index in [1.807, 2.05) is 18.2 Å². The standard InChI is InChI=1S/C14H22N2O/c1-14(2)8-7-13(17-14)10-16(3)12-6-4-5-11(15)9-12/h4-6,9,13H,7-8,10,15H2,1-3H3. The summed E-state index contributed by atoms with van der Waals surface area (Å²) >= 11 is 0. The van der Waals surface area contributed by atoms with Crippen molar-refractivity contribution in [3.05, 3.63) is 24.3 Å². The first-order valence-electron chi connectivity index (χ1n) is 6.21. The molecule has 1 aliphatic rings. The van der Waals surface area contributed by atoms with Crippen molar-refractivity contribution in [1.82, 2.24) is 0 Å². The Hall–Kier alpha value is -1.22. The minimum absolute atomic E-state index is 0.0429. The topological polar surface area (TPSA) is 38.5 Å². The van der Waals surface area contributed by atoms with Crippen molar-refractivity contribution in [1.29, 1.82) is 0 Å². The predicted molar refractivity (Wildman–Crippen MR) is 72.3 cm³/mol. The number of ether oxygens (including phenoxy) is 1. The largest absolute Gasteiger partial charge is 0.399 e. The number of nitrogens with two attached hydrogens (primary N) is 1. The summed E-state index contributed by atoms with van der Waals surface area (Å²) in [6.07, 6.45) is 2.61. The van der Waals surface area contributed by atoms with Gasteiger partial charge in [0.05, 0.1) is 11.7 Å². The van der Waals surface area contributed by atoms with Crippen LogP contribution >= 0.6 is 0 Å². The number of nitrogen functional groups attached to an aromatic ring is 1. The van der Waals surface area contributed by atoms with Gasteiger partial charge in [-0.1, -0.05) is 6.07 Å². The third-order valence-electron chi connectivity index (χ3n) is 3.34. The molecule has 2 N–H and O–H groups in total. The summed E-state index contributed by atoms with van der Waals surface area (Å²) in [7, 11) is 2.09. The summed E-state index contributed by atoms with van der Waals surface area (Å²) in [5.74, 6) is 0. The molecular formula is C14H22N2O. The number of likely N-dealkylation sites (N-methyl/N-ethyl adjacent to an activating group) is 1. The summed E-state index contributed by atoms with van der Waals surface area (Å²) < 4.78 is 6.00. The zero-order chi connectivity index (χ0) is 12.5. The lowest BCUT2D eigenvalue weighted by molar-refractivity contribution is -0.0111. The van der Waals surface area contributed by atoms with E-state index in [1.54, 1.807) is 0 Å². The van der Waals surface area contributed by atoms with E-state index in [2.05, 4.69) is 31.9 Å². The lowest BCUT2D eigenvalue weighted by Gasteiger charge is -2.25. The molecule has 0 aliphatic carbocycles. The van der Waals surface area contributed by atoms with E-state index in [4.69, 9.17) is 10.5 Å². The van der Waals surface area contributed by atoms with Crippen molar-refractivity contribution >= 4 is 11.4 Å². The zero-order valence-electron chi connectivity index (χ0n) is 10.9. The van der Waals surface area contributed by atoms with Crippen molar-refractivity contribution in [2.75, 3.05) is 24.2 Å². The highest BCUT2D eigenvalue weighted by Crippen LogP contribution is 2.30. The van der Waals surface area contributed by atoms with Crippen LogP contribution in [0.3, 0.4) is 0 Å². The molecule has 0 spiro atoms. The van der Waals surface area contributed by atoms with Gasteiger partial charge in [-0.05, 0) is 44.9 Å². The number of hydrogen-bond acceptors (Lipinski definition) is 3. The minimum atomic E-state index is 0.0429. The summed E-state index contributed by atoms with van der Waals surface area (Å²) in [6, 6.07) is 7.98. The maximum Gasteiger partial charge on any atom is 0.0758 e. The summed E-state index contributed by atoms with van der Waals surface area (Å²) in [4.78, 5) is 2.21. The number of nitrogens with zero attached hydrogens (tertiary/aromatic N) is 1. The van der Waals surface area contributed by atoms with E-state index in [0.717, 1.165) is 30.8 Å². The Bertz CT molecular complexity index is 390. The highest BCUT2D eigenvalue weighted by atomic mass is 16.5. The Morgan fingerprint density at radius 1 is 1.47 bits per heavy atom. The molecule has 1 atom stereocenters. The molecule has 1 aromatic rings. The molecule has 3 nitrogen and oxygen atoms in total. The van der Waals surface area contributed by atoms with Crippen LogP contribution in [0.5, 0.6) is 0 Å². The van der Waals surface area contributed by atoms with Crippen LogP contribution in [0.2, 0.25) is 0 Å². The van der Waals surface area contributed by atoms with Crippen LogP contribution in [0.15, 0.2) is 24.3 Å². The van der Waals surface area contributed by atoms with Gasteiger partial charge in [0.1, 0.15) is 0 Å². The summed E-state index contributed by atoms with van der Waals surface area (Å²) in [6.45, 7) is 5.24. The quantitative estimate of drug-likeness (QED) is 0.817. The van der Waals surface area contributed by atoms with Crippen molar-refractivity contribution in [2.24, 2.45) is 0 Å². The molecule has 94 valence electrons. The fraction of sp³-hybridized carbons (Fsp3) is 0.571. The van der Waals surface area contributed by atoms with Gasteiger partial charge in [-0.3, -0.25) is 0 Å². The first-order chi connectivity index (χ1) is 7.96. The third kappa shape index (κ3) is 3.13. The second-order valence-corrected chi connectivity index (χ2v) is 5.51. The highest BCUT2D eigenvalue weighted by molar-refractivity contribution is 5.55. The molecule has 0 radical (unpaired) electrons. The van der Waals surface area contributed by atoms with Crippen molar-refractivity contribution < 1.29 is 4.74 Å².